The molecule has 0 aromatic carbocycles. The molecule has 0 saturated heterocycles. The molecule has 0 rings (SSSR count). The summed E-state index contributed by atoms with van der Waals surface area (Å²) in [5.74, 6) is -1.03. The van der Waals surface area contributed by atoms with Gasteiger partial charge in [0.2, 0.25) is 0 Å². The quantitative estimate of drug-likeness (QED) is 0.353. The van der Waals surface area contributed by atoms with Crippen molar-refractivity contribution >= 4 is 28.6 Å². The zero-order chi connectivity index (χ0) is 11.7. The SMILES string of the molecule is CO/C(I)=C/C(=C\C=C\O)/C=C/C(=O)O. The highest BCUT2D eigenvalue weighted by atomic mass is 127. The van der Waals surface area contributed by atoms with Gasteiger partial charge in [0, 0.05) is 6.08 Å². The van der Waals surface area contributed by atoms with Crippen molar-refractivity contribution in [1.82, 2.24) is 0 Å². The Morgan fingerprint density at radius 3 is 2.53 bits per heavy atom. The third-order valence-electron chi connectivity index (χ3n) is 1.27. The van der Waals surface area contributed by atoms with Crippen molar-refractivity contribution in [1.29, 1.82) is 0 Å². The molecule has 0 aliphatic carbocycles. The van der Waals surface area contributed by atoms with Crippen LogP contribution in [0.2, 0.25) is 0 Å². The number of carboxylic acids is 1. The van der Waals surface area contributed by atoms with Gasteiger partial charge in [-0.15, -0.1) is 0 Å². The molecular weight excluding hydrogens is 311 g/mol. The molecule has 0 unspecified atom stereocenters. The van der Waals surface area contributed by atoms with Crippen molar-refractivity contribution in [3.8, 4) is 0 Å². The molecule has 15 heavy (non-hydrogen) atoms. The second-order valence-corrected chi connectivity index (χ2v) is 3.40. The molecule has 0 aromatic heterocycles. The standard InChI is InChI=1S/C10H11IO4/c1-15-9(11)7-8(3-2-6-12)4-5-10(13)14/h2-7,12H,1H3,(H,13,14)/b5-4+,6-2+,8-3-,9-7+. The van der Waals surface area contributed by atoms with Crippen LogP contribution in [-0.4, -0.2) is 23.3 Å². The van der Waals surface area contributed by atoms with Crippen molar-refractivity contribution in [3.63, 3.8) is 0 Å². The number of rotatable bonds is 5. The summed E-state index contributed by atoms with van der Waals surface area (Å²) in [6.07, 6.45) is 7.85. The molecule has 0 atom stereocenters. The number of carbonyl (C=O) groups is 1. The Labute approximate surface area is 101 Å². The molecule has 0 saturated carbocycles. The Balaban J connectivity index is 4.82. The number of aliphatic carboxylic acids is 1. The fourth-order valence-corrected chi connectivity index (χ4v) is 1.02. The van der Waals surface area contributed by atoms with E-state index in [-0.39, 0.29) is 0 Å². The third kappa shape index (κ3) is 7.80. The maximum atomic E-state index is 10.3. The summed E-state index contributed by atoms with van der Waals surface area (Å²) >= 11 is 1.96. The van der Waals surface area contributed by atoms with Gasteiger partial charge in [-0.3, -0.25) is 0 Å². The largest absolute Gasteiger partial charge is 0.516 e. The number of aliphatic hydroxyl groups excluding tert-OH is 1. The van der Waals surface area contributed by atoms with E-state index in [2.05, 4.69) is 0 Å². The fraction of sp³-hybridized carbons (Fsp3) is 0.100. The van der Waals surface area contributed by atoms with Crippen molar-refractivity contribution in [3.05, 3.63) is 46.0 Å². The molecule has 0 radical (unpaired) electrons. The lowest BCUT2D eigenvalue weighted by Gasteiger charge is -1.96. The first-order valence-corrected chi connectivity index (χ1v) is 5.01. The van der Waals surface area contributed by atoms with E-state index in [9.17, 15) is 4.79 Å². The predicted octanol–water partition coefficient (Wildman–Crippen LogP) is 2.55. The van der Waals surface area contributed by atoms with E-state index in [0.29, 0.717) is 9.34 Å². The zero-order valence-electron chi connectivity index (χ0n) is 8.05. The number of allylic oxidation sites excluding steroid dienone is 5. The van der Waals surface area contributed by atoms with E-state index in [1.165, 1.54) is 19.3 Å². The fourth-order valence-electron chi connectivity index (χ4n) is 0.663. The number of hydrogen-bond acceptors (Lipinski definition) is 3. The van der Waals surface area contributed by atoms with E-state index in [4.69, 9.17) is 14.9 Å². The average molecular weight is 322 g/mol. The first-order valence-electron chi connectivity index (χ1n) is 3.93. The topological polar surface area (TPSA) is 66.8 Å². The number of halogens is 1. The molecule has 0 amide bonds. The van der Waals surface area contributed by atoms with E-state index >= 15 is 0 Å². The van der Waals surface area contributed by atoms with Crippen LogP contribution in [0.4, 0.5) is 0 Å². The molecule has 4 nitrogen and oxygen atoms in total. The van der Waals surface area contributed by atoms with Gasteiger partial charge in [0.25, 0.3) is 0 Å². The van der Waals surface area contributed by atoms with Gasteiger partial charge in [-0.1, -0.05) is 6.08 Å². The van der Waals surface area contributed by atoms with E-state index in [0.717, 1.165) is 12.3 Å². The molecule has 0 aliphatic rings. The van der Waals surface area contributed by atoms with Crippen LogP contribution in [0.3, 0.4) is 0 Å². The summed E-state index contributed by atoms with van der Waals surface area (Å²) in [6.45, 7) is 0. The summed E-state index contributed by atoms with van der Waals surface area (Å²) in [5, 5.41) is 16.9. The summed E-state index contributed by atoms with van der Waals surface area (Å²) in [7, 11) is 1.51. The summed E-state index contributed by atoms with van der Waals surface area (Å²) in [6, 6.07) is 0. The first-order chi connectivity index (χ1) is 7.10. The minimum atomic E-state index is -1.03. The number of methoxy groups -OCH3 is 1. The van der Waals surface area contributed by atoms with Crippen molar-refractivity contribution in [2.24, 2.45) is 0 Å². The Kier molecular flexibility index (Phi) is 7.43. The molecule has 82 valence electrons. The molecule has 0 fully saturated rings. The van der Waals surface area contributed by atoms with Crippen LogP contribution in [0.5, 0.6) is 0 Å². The van der Waals surface area contributed by atoms with Crippen molar-refractivity contribution < 1.29 is 19.7 Å². The maximum absolute atomic E-state index is 10.3. The molecule has 0 spiro atoms. The number of carboxylic acid groups (broad SMARTS) is 1. The van der Waals surface area contributed by atoms with Crippen LogP contribution < -0.4 is 0 Å². The van der Waals surface area contributed by atoms with Crippen LogP contribution in [0.15, 0.2) is 46.0 Å². The van der Waals surface area contributed by atoms with Gasteiger partial charge in [0.05, 0.1) is 13.4 Å². The molecule has 0 heterocycles. The van der Waals surface area contributed by atoms with Crippen LogP contribution in [0, 0.1) is 0 Å². The zero-order valence-corrected chi connectivity index (χ0v) is 10.2. The molecule has 0 aliphatic heterocycles. The Hall–Kier alpha value is -1.24. The number of aliphatic hydroxyl groups is 1. The smallest absolute Gasteiger partial charge is 0.328 e. The van der Waals surface area contributed by atoms with E-state index in [1.54, 1.807) is 12.2 Å². The van der Waals surface area contributed by atoms with Crippen molar-refractivity contribution in [2.75, 3.05) is 7.11 Å². The lowest BCUT2D eigenvalue weighted by Crippen LogP contribution is -1.87. The van der Waals surface area contributed by atoms with Crippen LogP contribution in [-0.2, 0) is 9.53 Å². The molecular formula is C10H11IO4. The lowest BCUT2D eigenvalue weighted by molar-refractivity contribution is -0.131. The summed E-state index contributed by atoms with van der Waals surface area (Å²) in [5.41, 5.74) is 0.606. The predicted molar refractivity (Wildman–Crippen MR) is 65.7 cm³/mol. The number of hydrogen-bond donors (Lipinski definition) is 2. The van der Waals surface area contributed by atoms with Gasteiger partial charge in [0.15, 0.2) is 3.77 Å². The first kappa shape index (κ1) is 13.8. The molecule has 0 bridgehead atoms. The Morgan fingerprint density at radius 2 is 2.07 bits per heavy atom. The second kappa shape index (κ2) is 8.10. The molecule has 5 heteroatoms. The summed E-state index contributed by atoms with van der Waals surface area (Å²) < 4.78 is 5.52. The highest BCUT2D eigenvalue weighted by molar-refractivity contribution is 14.1. The van der Waals surface area contributed by atoms with Gasteiger partial charge < -0.3 is 14.9 Å². The minimum absolute atomic E-state index is 0.606. The Morgan fingerprint density at radius 1 is 1.40 bits per heavy atom. The molecule has 2 N–H and O–H groups in total. The van der Waals surface area contributed by atoms with Crippen LogP contribution >= 0.6 is 22.6 Å². The minimum Gasteiger partial charge on any atom is -0.516 e. The highest BCUT2D eigenvalue weighted by Crippen LogP contribution is 2.11. The van der Waals surface area contributed by atoms with Crippen LogP contribution in [0.1, 0.15) is 0 Å². The third-order valence-corrected chi connectivity index (χ3v) is 2.02. The number of ether oxygens (including phenoxy) is 1. The second-order valence-electron chi connectivity index (χ2n) is 2.33. The normalized spacial score (nSPS) is 13.7. The van der Waals surface area contributed by atoms with Gasteiger partial charge in [-0.05, 0) is 46.4 Å². The van der Waals surface area contributed by atoms with Gasteiger partial charge in [-0.25, -0.2) is 4.79 Å². The highest BCUT2D eigenvalue weighted by Gasteiger charge is 1.92. The van der Waals surface area contributed by atoms with Crippen LogP contribution in [0.25, 0.3) is 0 Å². The van der Waals surface area contributed by atoms with Gasteiger partial charge in [0.1, 0.15) is 0 Å². The monoisotopic (exact) mass is 322 g/mol. The van der Waals surface area contributed by atoms with Gasteiger partial charge >= 0.3 is 5.97 Å². The lowest BCUT2D eigenvalue weighted by atomic mass is 10.2. The van der Waals surface area contributed by atoms with E-state index < -0.39 is 5.97 Å². The average Bonchev–Trinajstić information content (AvgIpc) is 2.21. The van der Waals surface area contributed by atoms with E-state index in [1.807, 2.05) is 22.6 Å². The maximum Gasteiger partial charge on any atom is 0.328 e. The molecule has 0 aromatic rings. The summed E-state index contributed by atoms with van der Waals surface area (Å²) in [4.78, 5) is 10.3. The van der Waals surface area contributed by atoms with Gasteiger partial charge in [-0.2, -0.15) is 0 Å². The Bertz CT molecular complexity index is 326. The van der Waals surface area contributed by atoms with Crippen molar-refractivity contribution in [2.45, 2.75) is 0 Å².